The van der Waals surface area contributed by atoms with E-state index in [9.17, 15) is 13.2 Å². The molecule has 0 aromatic carbocycles. The quantitative estimate of drug-likeness (QED) is 0.625. The van der Waals surface area contributed by atoms with E-state index in [1.165, 1.54) is 6.42 Å². The van der Waals surface area contributed by atoms with E-state index in [1.807, 2.05) is 0 Å². The zero-order chi connectivity index (χ0) is 15.5. The van der Waals surface area contributed by atoms with Crippen molar-refractivity contribution in [3.05, 3.63) is 0 Å². The molecule has 1 amide bonds. The summed E-state index contributed by atoms with van der Waals surface area (Å²) in [5, 5.41) is 11.1. The smallest absolute Gasteiger partial charge is 0.234 e. The average molecular weight is 339 g/mol. The van der Waals surface area contributed by atoms with Crippen LogP contribution < -0.4 is 5.32 Å². The van der Waals surface area contributed by atoms with Crippen LogP contribution in [0.1, 0.15) is 25.7 Å². The van der Waals surface area contributed by atoms with Crippen molar-refractivity contribution in [2.45, 2.75) is 43.1 Å². The van der Waals surface area contributed by atoms with Gasteiger partial charge in [-0.2, -0.15) is 0 Å². The van der Waals surface area contributed by atoms with Crippen molar-refractivity contribution in [2.75, 3.05) is 31.2 Å². The number of carbonyl (C=O) groups excluding carboxylic acids is 1. The van der Waals surface area contributed by atoms with Crippen LogP contribution in [0.15, 0.2) is 0 Å². The van der Waals surface area contributed by atoms with Crippen molar-refractivity contribution < 1.29 is 18.3 Å². The first-order valence-electron chi connectivity index (χ1n) is 7.40. The average Bonchev–Trinajstić information content (AvgIpc) is 2.56. The van der Waals surface area contributed by atoms with Gasteiger partial charge in [-0.3, -0.25) is 9.69 Å². The fourth-order valence-corrected chi connectivity index (χ4v) is 5.34. The lowest BCUT2D eigenvalue weighted by molar-refractivity contribution is -0.123. The summed E-state index contributed by atoms with van der Waals surface area (Å²) in [7, 11) is -3.14. The number of amides is 1. The molecule has 2 fully saturated rings. The van der Waals surface area contributed by atoms with Crippen LogP contribution in [0.25, 0.3) is 0 Å². The van der Waals surface area contributed by atoms with Gasteiger partial charge in [-0.15, -0.1) is 11.6 Å². The van der Waals surface area contributed by atoms with Gasteiger partial charge in [0.25, 0.3) is 0 Å². The third kappa shape index (κ3) is 4.81. The Morgan fingerprint density at radius 2 is 2.05 bits per heavy atom. The maximum absolute atomic E-state index is 12.1. The third-order valence-corrected chi connectivity index (χ3v) is 6.55. The van der Waals surface area contributed by atoms with Crippen molar-refractivity contribution in [3.63, 3.8) is 0 Å². The first-order chi connectivity index (χ1) is 9.91. The molecule has 8 heteroatoms. The van der Waals surface area contributed by atoms with Crippen molar-refractivity contribution in [1.29, 1.82) is 0 Å². The number of sulfone groups is 1. The Balaban J connectivity index is 1.84. The van der Waals surface area contributed by atoms with Gasteiger partial charge >= 0.3 is 0 Å². The summed E-state index contributed by atoms with van der Waals surface area (Å²) in [6, 6.07) is -0.0911. The Kier molecular flexibility index (Phi) is 5.88. The van der Waals surface area contributed by atoms with E-state index in [0.29, 0.717) is 19.0 Å². The van der Waals surface area contributed by atoms with Gasteiger partial charge in [-0.1, -0.05) is 6.42 Å². The van der Waals surface area contributed by atoms with E-state index >= 15 is 0 Å². The predicted octanol–water partition coefficient (Wildman–Crippen LogP) is -0.256. The Bertz CT molecular complexity index is 467. The summed E-state index contributed by atoms with van der Waals surface area (Å²) in [5.74, 6) is -0.337. The topological polar surface area (TPSA) is 86.7 Å². The number of hydrogen-bond donors (Lipinski definition) is 2. The van der Waals surface area contributed by atoms with Gasteiger partial charge in [0.05, 0.1) is 29.5 Å². The molecule has 1 aliphatic heterocycles. The van der Waals surface area contributed by atoms with E-state index in [2.05, 4.69) is 10.2 Å². The van der Waals surface area contributed by atoms with Crippen molar-refractivity contribution in [3.8, 4) is 0 Å². The second kappa shape index (κ2) is 7.26. The highest BCUT2D eigenvalue weighted by molar-refractivity contribution is 7.91. The summed E-state index contributed by atoms with van der Waals surface area (Å²) >= 11 is 5.99. The summed E-state index contributed by atoms with van der Waals surface area (Å²) < 4.78 is 23.0. The highest BCUT2D eigenvalue weighted by Crippen LogP contribution is 2.24. The van der Waals surface area contributed by atoms with E-state index in [1.54, 1.807) is 0 Å². The SMILES string of the molecule is O=C(CN(CCCO)C1CCC1)NC1CS(=O)(=O)CC1Cl. The number of hydrogen-bond acceptors (Lipinski definition) is 5. The molecule has 2 N–H and O–H groups in total. The molecule has 0 radical (unpaired) electrons. The summed E-state index contributed by atoms with van der Waals surface area (Å²) in [5.41, 5.74) is 0. The monoisotopic (exact) mass is 338 g/mol. The van der Waals surface area contributed by atoms with Crippen molar-refractivity contribution in [1.82, 2.24) is 10.2 Å². The zero-order valence-corrected chi connectivity index (χ0v) is 13.6. The molecule has 2 atom stereocenters. The van der Waals surface area contributed by atoms with Gasteiger partial charge in [-0.05, 0) is 19.3 Å². The maximum Gasteiger partial charge on any atom is 0.234 e. The molecule has 6 nitrogen and oxygen atoms in total. The normalized spacial score (nSPS) is 28.5. The summed E-state index contributed by atoms with van der Waals surface area (Å²) in [6.07, 6.45) is 3.97. The predicted molar refractivity (Wildman–Crippen MR) is 81.1 cm³/mol. The number of halogens is 1. The Hall–Kier alpha value is -0.370. The lowest BCUT2D eigenvalue weighted by Gasteiger charge is -2.37. The molecule has 1 aliphatic carbocycles. The van der Waals surface area contributed by atoms with E-state index < -0.39 is 21.3 Å². The number of carbonyl (C=O) groups is 1. The number of aliphatic hydroxyl groups is 1. The molecule has 0 bridgehead atoms. The minimum absolute atomic E-state index is 0.0731. The number of rotatable bonds is 7. The molecule has 1 heterocycles. The number of nitrogens with zero attached hydrogens (tertiary/aromatic N) is 1. The molecular formula is C13H23ClN2O4S. The Morgan fingerprint density at radius 1 is 1.33 bits per heavy atom. The number of aliphatic hydroxyl groups excluding tert-OH is 1. The molecule has 2 unspecified atom stereocenters. The first-order valence-corrected chi connectivity index (χ1v) is 9.66. The van der Waals surface area contributed by atoms with Crippen LogP contribution in [-0.4, -0.2) is 73.0 Å². The standard InChI is InChI=1S/C13H23ClN2O4S/c14-11-8-21(19,20)9-12(11)15-13(18)7-16(5-2-6-17)10-3-1-4-10/h10-12,17H,1-9H2,(H,15,18). The molecule has 1 saturated heterocycles. The van der Waals surface area contributed by atoms with Crippen LogP contribution in [0.3, 0.4) is 0 Å². The van der Waals surface area contributed by atoms with Crippen molar-refractivity contribution >= 4 is 27.3 Å². The third-order valence-electron chi connectivity index (χ3n) is 4.17. The fourth-order valence-electron chi connectivity index (χ4n) is 2.79. The highest BCUT2D eigenvalue weighted by Gasteiger charge is 2.37. The van der Waals surface area contributed by atoms with Crippen LogP contribution in [0.4, 0.5) is 0 Å². The summed E-state index contributed by atoms with van der Waals surface area (Å²) in [6.45, 7) is 1.03. The molecule has 2 rings (SSSR count). The van der Waals surface area contributed by atoms with E-state index in [0.717, 1.165) is 12.8 Å². The lowest BCUT2D eigenvalue weighted by atomic mass is 9.91. The van der Waals surface area contributed by atoms with E-state index in [-0.39, 0.29) is 30.6 Å². The van der Waals surface area contributed by atoms with Crippen molar-refractivity contribution in [2.24, 2.45) is 0 Å². The first kappa shape index (κ1) is 17.0. The molecule has 0 spiro atoms. The largest absolute Gasteiger partial charge is 0.396 e. The van der Waals surface area contributed by atoms with Crippen LogP contribution in [0.2, 0.25) is 0 Å². The van der Waals surface area contributed by atoms with Crippen LogP contribution in [-0.2, 0) is 14.6 Å². The van der Waals surface area contributed by atoms with Gasteiger partial charge in [0.2, 0.25) is 5.91 Å². The van der Waals surface area contributed by atoms with Crippen LogP contribution in [0.5, 0.6) is 0 Å². The molecular weight excluding hydrogens is 316 g/mol. The number of nitrogens with one attached hydrogen (secondary N) is 1. The Morgan fingerprint density at radius 3 is 2.52 bits per heavy atom. The molecule has 2 aliphatic rings. The molecule has 0 aromatic heterocycles. The van der Waals surface area contributed by atoms with Crippen LogP contribution in [0, 0.1) is 0 Å². The molecule has 122 valence electrons. The number of alkyl halides is 1. The lowest BCUT2D eigenvalue weighted by Crippen LogP contribution is -2.49. The Labute approximate surface area is 130 Å². The maximum atomic E-state index is 12.1. The van der Waals surface area contributed by atoms with Gasteiger partial charge in [0.15, 0.2) is 9.84 Å². The highest BCUT2D eigenvalue weighted by atomic mass is 35.5. The van der Waals surface area contributed by atoms with Gasteiger partial charge in [-0.25, -0.2) is 8.42 Å². The molecule has 1 saturated carbocycles. The fraction of sp³-hybridized carbons (Fsp3) is 0.923. The van der Waals surface area contributed by atoms with Crippen LogP contribution >= 0.6 is 11.6 Å². The van der Waals surface area contributed by atoms with Gasteiger partial charge < -0.3 is 10.4 Å². The minimum atomic E-state index is -3.14. The van der Waals surface area contributed by atoms with Gasteiger partial charge in [0.1, 0.15) is 0 Å². The summed E-state index contributed by atoms with van der Waals surface area (Å²) in [4.78, 5) is 14.2. The minimum Gasteiger partial charge on any atom is -0.396 e. The second-order valence-corrected chi connectivity index (χ2v) is 8.61. The molecule has 21 heavy (non-hydrogen) atoms. The molecule has 0 aromatic rings. The van der Waals surface area contributed by atoms with E-state index in [4.69, 9.17) is 16.7 Å². The van der Waals surface area contributed by atoms with Gasteiger partial charge in [0, 0.05) is 19.2 Å². The zero-order valence-electron chi connectivity index (χ0n) is 12.0. The second-order valence-electron chi connectivity index (χ2n) is 5.90.